The van der Waals surface area contributed by atoms with Gasteiger partial charge in [0.05, 0.1) is 11.2 Å². The highest BCUT2D eigenvalue weighted by atomic mass is 17.1. The Morgan fingerprint density at radius 1 is 0.923 bits per heavy atom. The van der Waals surface area contributed by atoms with Gasteiger partial charge in [-0.2, -0.15) is 0 Å². The lowest BCUT2D eigenvalue weighted by Crippen LogP contribution is -2.20. The molecular weight excluding hydrogens is 172 g/mol. The Morgan fingerprint density at radius 3 is 1.23 bits per heavy atom. The third-order valence-corrected chi connectivity index (χ3v) is 1.37. The van der Waals surface area contributed by atoms with Crippen molar-refractivity contribution in [3.05, 3.63) is 0 Å². The second-order valence-corrected chi connectivity index (χ2v) is 4.41. The van der Waals surface area contributed by atoms with Gasteiger partial charge >= 0.3 is 0 Å². The molecule has 0 saturated heterocycles. The lowest BCUT2D eigenvalue weighted by molar-refractivity contribution is -0.313. The summed E-state index contributed by atoms with van der Waals surface area (Å²) in [7, 11) is 0. The summed E-state index contributed by atoms with van der Waals surface area (Å²) in [5, 5.41) is 16.0. The van der Waals surface area contributed by atoms with Gasteiger partial charge in [0.15, 0.2) is 0 Å². The fraction of sp³-hybridized carbons (Fsp3) is 1.00. The van der Waals surface area contributed by atoms with Crippen LogP contribution >= 0.6 is 0 Å². The van der Waals surface area contributed by atoms with E-state index >= 15 is 0 Å². The molecule has 82 valence electrons. The van der Waals surface area contributed by atoms with Crippen LogP contribution in [0.3, 0.4) is 0 Å². The Kier molecular flexibility index (Phi) is 7.44. The molecule has 0 amide bonds. The van der Waals surface area contributed by atoms with E-state index in [1.165, 1.54) is 0 Å². The van der Waals surface area contributed by atoms with Gasteiger partial charge in [-0.3, -0.25) is 10.5 Å². The van der Waals surface area contributed by atoms with Crippen molar-refractivity contribution >= 4 is 0 Å². The molecule has 0 spiro atoms. The Labute approximate surface area is 80.3 Å². The second kappa shape index (κ2) is 6.32. The predicted octanol–water partition coefficient (Wildman–Crippen LogP) is 2.94. The average molecular weight is 194 g/mol. The normalized spacial score (nSPS) is 12.0. The lowest BCUT2D eigenvalue weighted by Gasteiger charge is -2.16. The van der Waals surface area contributed by atoms with Gasteiger partial charge in [-0.1, -0.05) is 6.92 Å². The van der Waals surface area contributed by atoms with Gasteiger partial charge < -0.3 is 0 Å². The van der Waals surface area contributed by atoms with E-state index in [-0.39, 0.29) is 5.60 Å². The highest BCUT2D eigenvalue weighted by molar-refractivity contribution is 4.61. The molecule has 0 saturated carbocycles. The first-order valence-corrected chi connectivity index (χ1v) is 4.33. The molecular formula is C9H22O4. The van der Waals surface area contributed by atoms with Crippen molar-refractivity contribution in [2.24, 2.45) is 0 Å². The van der Waals surface area contributed by atoms with E-state index in [0.717, 1.165) is 6.42 Å². The minimum Gasteiger partial charge on any atom is -0.251 e. The molecule has 0 unspecified atom stereocenters. The molecule has 0 aliphatic rings. The summed E-state index contributed by atoms with van der Waals surface area (Å²) in [5.74, 6) is 0. The van der Waals surface area contributed by atoms with Crippen LogP contribution in [0, 0.1) is 0 Å². The highest BCUT2D eigenvalue weighted by Crippen LogP contribution is 2.10. The molecule has 0 aliphatic carbocycles. The summed E-state index contributed by atoms with van der Waals surface area (Å²) in [6.45, 7) is 10.9. The van der Waals surface area contributed by atoms with Crippen molar-refractivity contribution in [3.8, 4) is 0 Å². The monoisotopic (exact) mass is 194 g/mol. The first kappa shape index (κ1) is 15.3. The Morgan fingerprint density at radius 2 is 1.23 bits per heavy atom. The van der Waals surface area contributed by atoms with Crippen LogP contribution in [-0.4, -0.2) is 21.7 Å². The van der Waals surface area contributed by atoms with Crippen molar-refractivity contribution in [1.29, 1.82) is 0 Å². The number of rotatable bonds is 2. The molecule has 13 heavy (non-hydrogen) atoms. The standard InChI is InChI=1S/C5H12O2.C4H10O2/c1-4-5(2,3)7-6;1-4(2,3)6-5/h6H,4H2,1-3H3;5H,1-3H3. The van der Waals surface area contributed by atoms with Crippen molar-refractivity contribution in [3.63, 3.8) is 0 Å². The number of hydrogen-bond acceptors (Lipinski definition) is 4. The summed E-state index contributed by atoms with van der Waals surface area (Å²) in [5.41, 5.74) is -0.764. The quantitative estimate of drug-likeness (QED) is 0.524. The Bertz CT molecular complexity index is 109. The molecule has 0 aromatic heterocycles. The predicted molar refractivity (Wildman–Crippen MR) is 51.6 cm³/mol. The van der Waals surface area contributed by atoms with Gasteiger partial charge in [-0.15, -0.1) is 0 Å². The molecule has 0 bridgehead atoms. The van der Waals surface area contributed by atoms with Gasteiger partial charge in [0.25, 0.3) is 0 Å². The first-order valence-electron chi connectivity index (χ1n) is 4.33. The molecule has 0 atom stereocenters. The molecule has 2 N–H and O–H groups in total. The SMILES string of the molecule is CC(C)(C)OO.CCC(C)(C)OO. The van der Waals surface area contributed by atoms with Crippen molar-refractivity contribution in [1.82, 2.24) is 0 Å². The van der Waals surface area contributed by atoms with Gasteiger partial charge in [-0.05, 0) is 41.0 Å². The minimum absolute atomic E-state index is 0.361. The third-order valence-electron chi connectivity index (χ3n) is 1.37. The molecule has 0 aromatic carbocycles. The van der Waals surface area contributed by atoms with E-state index in [2.05, 4.69) is 9.78 Å². The number of hydrogen-bond donors (Lipinski definition) is 2. The molecule has 0 aliphatic heterocycles. The van der Waals surface area contributed by atoms with E-state index < -0.39 is 5.60 Å². The molecule has 0 fully saturated rings. The molecule has 4 nitrogen and oxygen atoms in total. The van der Waals surface area contributed by atoms with Crippen molar-refractivity contribution < 1.29 is 20.3 Å². The second-order valence-electron chi connectivity index (χ2n) is 4.41. The average Bonchev–Trinajstić information content (AvgIpc) is 2.04. The molecule has 0 heterocycles. The summed E-state index contributed by atoms with van der Waals surface area (Å²) in [4.78, 5) is 8.02. The van der Waals surface area contributed by atoms with E-state index in [1.807, 2.05) is 20.8 Å². The van der Waals surface area contributed by atoms with Crippen LogP contribution in [0.1, 0.15) is 48.0 Å². The highest BCUT2D eigenvalue weighted by Gasteiger charge is 2.13. The maximum Gasteiger partial charge on any atom is 0.0974 e. The van der Waals surface area contributed by atoms with Gasteiger partial charge in [0, 0.05) is 0 Å². The van der Waals surface area contributed by atoms with Crippen LogP contribution in [0.4, 0.5) is 0 Å². The van der Waals surface area contributed by atoms with Crippen LogP contribution in [0.25, 0.3) is 0 Å². The minimum atomic E-state index is -0.403. The molecule has 0 aromatic rings. The summed E-state index contributed by atoms with van der Waals surface area (Å²) < 4.78 is 0. The van der Waals surface area contributed by atoms with Crippen LogP contribution in [0.5, 0.6) is 0 Å². The van der Waals surface area contributed by atoms with E-state index in [1.54, 1.807) is 20.8 Å². The van der Waals surface area contributed by atoms with Crippen LogP contribution in [0.15, 0.2) is 0 Å². The van der Waals surface area contributed by atoms with Crippen LogP contribution in [-0.2, 0) is 9.78 Å². The fourth-order valence-electron chi connectivity index (χ4n) is 0.0645. The van der Waals surface area contributed by atoms with Gasteiger partial charge in [0.2, 0.25) is 0 Å². The molecule has 4 heteroatoms. The third kappa shape index (κ3) is 14.7. The topological polar surface area (TPSA) is 58.9 Å². The first-order chi connectivity index (χ1) is 5.68. The Balaban J connectivity index is 0. The summed E-state index contributed by atoms with van der Waals surface area (Å²) >= 11 is 0. The molecule has 0 rings (SSSR count). The maximum absolute atomic E-state index is 8.09. The van der Waals surface area contributed by atoms with Crippen molar-refractivity contribution in [2.75, 3.05) is 0 Å². The maximum atomic E-state index is 8.09. The van der Waals surface area contributed by atoms with Gasteiger partial charge in [-0.25, -0.2) is 9.78 Å². The molecule has 0 radical (unpaired) electrons. The van der Waals surface area contributed by atoms with Gasteiger partial charge in [0.1, 0.15) is 0 Å². The van der Waals surface area contributed by atoms with E-state index in [9.17, 15) is 0 Å². The van der Waals surface area contributed by atoms with Crippen LogP contribution < -0.4 is 0 Å². The summed E-state index contributed by atoms with van der Waals surface area (Å²) in [6, 6.07) is 0. The zero-order valence-electron chi connectivity index (χ0n) is 9.42. The summed E-state index contributed by atoms with van der Waals surface area (Å²) in [6.07, 6.45) is 0.823. The zero-order chi connectivity index (χ0) is 11.1. The lowest BCUT2D eigenvalue weighted by atomic mass is 10.1. The van der Waals surface area contributed by atoms with E-state index in [0.29, 0.717) is 0 Å². The zero-order valence-corrected chi connectivity index (χ0v) is 9.42. The Hall–Kier alpha value is -0.160. The fourth-order valence-corrected chi connectivity index (χ4v) is 0.0645. The van der Waals surface area contributed by atoms with E-state index in [4.69, 9.17) is 10.5 Å². The smallest absolute Gasteiger partial charge is 0.0974 e. The van der Waals surface area contributed by atoms with Crippen molar-refractivity contribution in [2.45, 2.75) is 59.2 Å². The largest absolute Gasteiger partial charge is 0.251 e. The van der Waals surface area contributed by atoms with Crippen LogP contribution in [0.2, 0.25) is 0 Å².